The van der Waals surface area contributed by atoms with Gasteiger partial charge in [-0.2, -0.15) is 5.10 Å². The molecule has 2 aliphatic rings. The van der Waals surface area contributed by atoms with E-state index in [0.717, 1.165) is 27.7 Å². The van der Waals surface area contributed by atoms with Gasteiger partial charge in [0, 0.05) is 15.8 Å². The number of rotatable bonds is 2. The Hall–Kier alpha value is -2.02. The van der Waals surface area contributed by atoms with Gasteiger partial charge < -0.3 is 4.74 Å². The summed E-state index contributed by atoms with van der Waals surface area (Å²) in [4.78, 5) is 17.4. The normalized spacial score (nSPS) is 21.1. The summed E-state index contributed by atoms with van der Waals surface area (Å²) >= 11 is 13.7. The van der Waals surface area contributed by atoms with Crippen LogP contribution in [-0.4, -0.2) is 35.5 Å². The van der Waals surface area contributed by atoms with E-state index in [1.54, 1.807) is 28.9 Å². The van der Waals surface area contributed by atoms with Crippen LogP contribution in [0.4, 0.5) is 5.69 Å². The summed E-state index contributed by atoms with van der Waals surface area (Å²) in [5, 5.41) is 8.60. The first-order chi connectivity index (χ1) is 13.4. The van der Waals surface area contributed by atoms with E-state index in [2.05, 4.69) is 0 Å². The third kappa shape index (κ3) is 3.41. The number of hydrogen-bond acceptors (Lipinski definition) is 6. The molecule has 28 heavy (non-hydrogen) atoms. The summed E-state index contributed by atoms with van der Waals surface area (Å²) < 4.78 is 5.08. The number of benzene rings is 2. The van der Waals surface area contributed by atoms with Gasteiger partial charge in [-0.25, -0.2) is 10.0 Å². The highest BCUT2D eigenvalue weighted by Gasteiger charge is 2.48. The highest BCUT2D eigenvalue weighted by molar-refractivity contribution is 8.13. The molecule has 5 nitrogen and oxygen atoms in total. The number of carbonyl (C=O) groups is 1. The number of ether oxygens (including phenoxy) is 1. The quantitative estimate of drug-likeness (QED) is 0.616. The van der Waals surface area contributed by atoms with Crippen LogP contribution in [-0.2, 0) is 15.3 Å². The maximum absolute atomic E-state index is 12.6. The molecule has 144 valence electrons. The van der Waals surface area contributed by atoms with Crippen LogP contribution in [0.1, 0.15) is 18.1 Å². The zero-order valence-electron chi connectivity index (χ0n) is 15.3. The Labute approximate surface area is 177 Å². The summed E-state index contributed by atoms with van der Waals surface area (Å²) in [6.45, 7) is 2.19. The summed E-state index contributed by atoms with van der Waals surface area (Å²) in [7, 11) is 1.39. The van der Waals surface area contributed by atoms with Gasteiger partial charge in [-0.1, -0.05) is 47.1 Å². The van der Waals surface area contributed by atoms with Crippen LogP contribution in [0.25, 0.3) is 0 Å². The Morgan fingerprint density at radius 1 is 1.18 bits per heavy atom. The van der Waals surface area contributed by atoms with E-state index in [1.165, 1.54) is 7.11 Å². The molecule has 8 heteroatoms. The Morgan fingerprint density at radius 2 is 1.89 bits per heavy atom. The van der Waals surface area contributed by atoms with Gasteiger partial charge in [0.15, 0.2) is 5.17 Å². The average molecular weight is 434 g/mol. The molecule has 1 atom stereocenters. The van der Waals surface area contributed by atoms with Gasteiger partial charge in [0.1, 0.15) is 5.41 Å². The molecule has 4 rings (SSSR count). The Kier molecular flexibility index (Phi) is 5.12. The molecular formula is C20H17Cl2N3O2S. The predicted octanol–water partition coefficient (Wildman–Crippen LogP) is 5.13. The largest absolute Gasteiger partial charge is 0.468 e. The minimum absolute atomic E-state index is 0.336. The molecule has 0 saturated carbocycles. The molecule has 2 aromatic rings. The lowest BCUT2D eigenvalue weighted by molar-refractivity contribution is -0.147. The number of aliphatic imine (C=N–C) groups is 1. The second kappa shape index (κ2) is 7.43. The Morgan fingerprint density at radius 3 is 2.61 bits per heavy atom. The first-order valence-corrected chi connectivity index (χ1v) is 10.4. The lowest BCUT2D eigenvalue weighted by Gasteiger charge is -2.25. The van der Waals surface area contributed by atoms with Crippen LogP contribution >= 0.6 is 35.0 Å². The summed E-state index contributed by atoms with van der Waals surface area (Å²) in [5.74, 6) is 0.406. The van der Waals surface area contributed by atoms with E-state index in [0.29, 0.717) is 22.3 Å². The van der Waals surface area contributed by atoms with Crippen molar-refractivity contribution in [3.63, 3.8) is 0 Å². The minimum atomic E-state index is -0.911. The number of nitrogens with zero attached hydrogens (tertiary/aromatic N) is 3. The van der Waals surface area contributed by atoms with Crippen molar-refractivity contribution in [3.8, 4) is 0 Å². The molecule has 0 fully saturated rings. The second-order valence-electron chi connectivity index (χ2n) is 6.79. The van der Waals surface area contributed by atoms with Gasteiger partial charge in [-0.05, 0) is 48.4 Å². The van der Waals surface area contributed by atoms with Crippen molar-refractivity contribution < 1.29 is 9.53 Å². The van der Waals surface area contributed by atoms with Crippen LogP contribution in [0.15, 0.2) is 52.6 Å². The number of carbonyl (C=O) groups excluding carboxylic acids is 1. The van der Waals surface area contributed by atoms with Crippen LogP contribution in [0.5, 0.6) is 0 Å². The number of halogens is 2. The van der Waals surface area contributed by atoms with Gasteiger partial charge in [0.25, 0.3) is 0 Å². The summed E-state index contributed by atoms with van der Waals surface area (Å²) in [6, 6.07) is 12.9. The molecule has 2 aliphatic heterocycles. The topological polar surface area (TPSA) is 54.3 Å². The number of methoxy groups -OCH3 is 1. The third-order valence-electron chi connectivity index (χ3n) is 4.80. The maximum atomic E-state index is 12.6. The zero-order chi connectivity index (χ0) is 19.9. The number of esters is 1. The molecule has 2 heterocycles. The van der Waals surface area contributed by atoms with E-state index in [1.807, 2.05) is 37.3 Å². The second-order valence-corrected chi connectivity index (χ2v) is 8.61. The van der Waals surface area contributed by atoms with Crippen LogP contribution < -0.4 is 0 Å². The lowest BCUT2D eigenvalue weighted by Crippen LogP contribution is -2.41. The highest BCUT2D eigenvalue weighted by Crippen LogP contribution is 2.38. The number of fused-ring (bicyclic) bond motifs is 1. The molecule has 0 saturated heterocycles. The molecule has 0 unspecified atom stereocenters. The van der Waals surface area contributed by atoms with E-state index in [-0.39, 0.29) is 5.97 Å². The van der Waals surface area contributed by atoms with E-state index in [4.69, 9.17) is 38.0 Å². The molecule has 0 spiro atoms. The SMILES string of the molecule is COC(=O)[C@@]1(C)CN(C2=Nc3ccc(Cl)cc3CS2)N=C1c1ccc(Cl)cc1. The summed E-state index contributed by atoms with van der Waals surface area (Å²) in [5.41, 5.74) is 2.51. The van der Waals surface area contributed by atoms with Gasteiger partial charge >= 0.3 is 5.97 Å². The van der Waals surface area contributed by atoms with Crippen LogP contribution in [0.2, 0.25) is 10.0 Å². The zero-order valence-corrected chi connectivity index (χ0v) is 17.6. The van der Waals surface area contributed by atoms with Crippen molar-refractivity contribution in [3.05, 3.63) is 63.6 Å². The van der Waals surface area contributed by atoms with Crippen molar-refractivity contribution in [2.75, 3.05) is 13.7 Å². The molecule has 0 aromatic heterocycles. The number of amidine groups is 1. The van der Waals surface area contributed by atoms with Crippen LogP contribution in [0, 0.1) is 5.41 Å². The lowest BCUT2D eigenvalue weighted by atomic mass is 9.82. The fourth-order valence-electron chi connectivity index (χ4n) is 3.31. The predicted molar refractivity (Wildman–Crippen MR) is 115 cm³/mol. The molecule has 0 bridgehead atoms. The number of hydrogen-bond donors (Lipinski definition) is 0. The third-order valence-corrected chi connectivity index (χ3v) is 6.30. The first-order valence-electron chi connectivity index (χ1n) is 8.61. The first kappa shape index (κ1) is 19.3. The molecular weight excluding hydrogens is 417 g/mol. The monoisotopic (exact) mass is 433 g/mol. The standard InChI is InChI=1S/C20H17Cl2N3O2S/c1-20(18(26)27-2)11-25(24-17(20)12-3-5-14(21)6-4-12)19-23-16-8-7-15(22)9-13(16)10-28-19/h3-9H,10-11H2,1-2H3/t20-/m0/s1. The van der Waals surface area contributed by atoms with Crippen molar-refractivity contribution in [1.29, 1.82) is 0 Å². The van der Waals surface area contributed by atoms with Crippen molar-refractivity contribution in [2.24, 2.45) is 15.5 Å². The number of thioether (sulfide) groups is 1. The Balaban J connectivity index is 1.74. The van der Waals surface area contributed by atoms with Gasteiger partial charge in [-0.3, -0.25) is 4.79 Å². The fraction of sp³-hybridized carbons (Fsp3) is 0.250. The Bertz CT molecular complexity index is 1010. The van der Waals surface area contributed by atoms with E-state index in [9.17, 15) is 4.79 Å². The van der Waals surface area contributed by atoms with E-state index < -0.39 is 5.41 Å². The van der Waals surface area contributed by atoms with Crippen molar-refractivity contribution in [2.45, 2.75) is 12.7 Å². The number of hydrazone groups is 1. The molecule has 0 amide bonds. The van der Waals surface area contributed by atoms with Gasteiger partial charge in [0.2, 0.25) is 0 Å². The van der Waals surface area contributed by atoms with Crippen molar-refractivity contribution >= 4 is 57.5 Å². The molecule has 0 radical (unpaired) electrons. The maximum Gasteiger partial charge on any atom is 0.319 e. The van der Waals surface area contributed by atoms with Gasteiger partial charge in [-0.15, -0.1) is 0 Å². The van der Waals surface area contributed by atoms with Crippen molar-refractivity contribution in [1.82, 2.24) is 5.01 Å². The fourth-order valence-corrected chi connectivity index (χ4v) is 4.56. The summed E-state index contributed by atoms with van der Waals surface area (Å²) in [6.07, 6.45) is 0. The molecule has 0 aliphatic carbocycles. The van der Waals surface area contributed by atoms with Crippen LogP contribution in [0.3, 0.4) is 0 Å². The molecule has 0 N–H and O–H groups in total. The highest BCUT2D eigenvalue weighted by atomic mass is 35.5. The minimum Gasteiger partial charge on any atom is -0.468 e. The smallest absolute Gasteiger partial charge is 0.319 e. The van der Waals surface area contributed by atoms with E-state index >= 15 is 0 Å². The molecule has 2 aromatic carbocycles. The van der Waals surface area contributed by atoms with Gasteiger partial charge in [0.05, 0.1) is 25.1 Å². The average Bonchev–Trinajstić information content (AvgIpc) is 3.06.